The molecule has 0 atom stereocenters. The van der Waals surface area contributed by atoms with E-state index < -0.39 is 11.8 Å². The van der Waals surface area contributed by atoms with Gasteiger partial charge in [-0.05, 0) is 11.5 Å². The third-order valence-corrected chi connectivity index (χ3v) is 3.19. The molecule has 0 saturated heterocycles. The summed E-state index contributed by atoms with van der Waals surface area (Å²) in [7, 11) is 0. The zero-order valence-electron chi connectivity index (χ0n) is 10.4. The highest BCUT2D eigenvalue weighted by molar-refractivity contribution is 6.03. The van der Waals surface area contributed by atoms with Gasteiger partial charge >= 0.3 is 5.97 Å². The lowest BCUT2D eigenvalue weighted by atomic mass is 9.96. The smallest absolute Gasteiger partial charge is 0.339 e. The van der Waals surface area contributed by atoms with Crippen molar-refractivity contribution in [3.63, 3.8) is 0 Å². The minimum Gasteiger partial charge on any atom is -0.478 e. The molecule has 0 aliphatic heterocycles. The molecule has 0 aliphatic rings. The molecule has 3 aromatic rings. The maximum atomic E-state index is 13.8. The molecule has 0 aliphatic carbocycles. The van der Waals surface area contributed by atoms with Crippen LogP contribution in [0.4, 0.5) is 4.39 Å². The largest absolute Gasteiger partial charge is 0.478 e. The Labute approximate surface area is 114 Å². The first-order valence-electron chi connectivity index (χ1n) is 6.03. The summed E-state index contributed by atoms with van der Waals surface area (Å²) in [6.07, 6.45) is 3.25. The Balaban J connectivity index is 2.37. The van der Waals surface area contributed by atoms with Crippen molar-refractivity contribution in [2.75, 3.05) is 0 Å². The van der Waals surface area contributed by atoms with Gasteiger partial charge < -0.3 is 5.11 Å². The Morgan fingerprint density at radius 2 is 1.80 bits per heavy atom. The summed E-state index contributed by atoms with van der Waals surface area (Å²) in [5, 5.41) is 10.9. The second-order valence-electron chi connectivity index (χ2n) is 4.38. The summed E-state index contributed by atoms with van der Waals surface area (Å²) < 4.78 is 13.8. The van der Waals surface area contributed by atoms with E-state index in [1.165, 1.54) is 6.07 Å². The van der Waals surface area contributed by atoms with Gasteiger partial charge in [0.2, 0.25) is 0 Å². The second kappa shape index (κ2) is 4.74. The molecule has 98 valence electrons. The highest BCUT2D eigenvalue weighted by Gasteiger charge is 2.18. The lowest BCUT2D eigenvalue weighted by Crippen LogP contribution is -2.03. The van der Waals surface area contributed by atoms with E-state index in [2.05, 4.69) is 4.98 Å². The molecule has 1 heterocycles. The summed E-state index contributed by atoms with van der Waals surface area (Å²) >= 11 is 0. The van der Waals surface area contributed by atoms with E-state index in [0.29, 0.717) is 11.1 Å². The van der Waals surface area contributed by atoms with Gasteiger partial charge in [-0.3, -0.25) is 4.98 Å². The molecule has 1 aromatic heterocycles. The van der Waals surface area contributed by atoms with Gasteiger partial charge in [-0.15, -0.1) is 0 Å². The van der Waals surface area contributed by atoms with Crippen LogP contribution in [0.1, 0.15) is 10.4 Å². The predicted molar refractivity (Wildman–Crippen MR) is 74.1 cm³/mol. The lowest BCUT2D eigenvalue weighted by Gasteiger charge is -2.09. The van der Waals surface area contributed by atoms with Crippen LogP contribution in [0, 0.1) is 5.82 Å². The molecule has 0 saturated carbocycles. The normalized spacial score (nSPS) is 10.7. The number of nitrogens with zero attached hydrogens (tertiary/aromatic N) is 1. The fraction of sp³-hybridized carbons (Fsp3) is 0. The van der Waals surface area contributed by atoms with Crippen LogP contribution < -0.4 is 0 Å². The molecule has 3 nitrogen and oxygen atoms in total. The van der Waals surface area contributed by atoms with Gasteiger partial charge in [0.15, 0.2) is 0 Å². The summed E-state index contributed by atoms with van der Waals surface area (Å²) in [5.74, 6) is -2.03. The van der Waals surface area contributed by atoms with E-state index in [4.69, 9.17) is 0 Å². The number of halogens is 1. The highest BCUT2D eigenvalue weighted by atomic mass is 19.1. The van der Waals surface area contributed by atoms with Crippen LogP contribution in [-0.4, -0.2) is 16.1 Å². The summed E-state index contributed by atoms with van der Waals surface area (Å²) in [6, 6.07) is 11.7. The van der Waals surface area contributed by atoms with E-state index in [-0.39, 0.29) is 5.56 Å². The standard InChI is InChI=1S/C16H10FNO2/c17-14-7-3-6-12(15(14)16(19)20)13-9-18-8-10-4-1-2-5-11(10)13/h1-9H,(H,19,20). The molecule has 1 N–H and O–H groups in total. The molecule has 20 heavy (non-hydrogen) atoms. The fourth-order valence-electron chi connectivity index (χ4n) is 2.30. The quantitative estimate of drug-likeness (QED) is 0.769. The van der Waals surface area contributed by atoms with Crippen LogP contribution >= 0.6 is 0 Å². The predicted octanol–water partition coefficient (Wildman–Crippen LogP) is 3.74. The molecule has 3 rings (SSSR count). The SMILES string of the molecule is O=C(O)c1c(F)cccc1-c1cncc2ccccc12. The Morgan fingerprint density at radius 3 is 2.60 bits per heavy atom. The monoisotopic (exact) mass is 267 g/mol. The topological polar surface area (TPSA) is 50.2 Å². The average Bonchev–Trinajstić information content (AvgIpc) is 2.46. The third-order valence-electron chi connectivity index (χ3n) is 3.19. The van der Waals surface area contributed by atoms with Gasteiger partial charge in [0.1, 0.15) is 11.4 Å². The number of aromatic carboxylic acids is 1. The number of carboxylic acids is 1. The first kappa shape index (κ1) is 12.3. The van der Waals surface area contributed by atoms with Crippen molar-refractivity contribution in [1.29, 1.82) is 0 Å². The van der Waals surface area contributed by atoms with Crippen LogP contribution in [0.5, 0.6) is 0 Å². The summed E-state index contributed by atoms with van der Waals surface area (Å²) in [4.78, 5) is 15.4. The molecule has 0 spiro atoms. The van der Waals surface area contributed by atoms with Gasteiger partial charge in [-0.25, -0.2) is 9.18 Å². The molecular formula is C16H10FNO2. The number of hydrogen-bond acceptors (Lipinski definition) is 2. The Bertz CT molecular complexity index is 809. The Hall–Kier alpha value is -2.75. The van der Waals surface area contributed by atoms with Crippen molar-refractivity contribution in [2.24, 2.45) is 0 Å². The van der Waals surface area contributed by atoms with Gasteiger partial charge in [-0.1, -0.05) is 36.4 Å². The molecule has 0 radical (unpaired) electrons. The van der Waals surface area contributed by atoms with Crippen molar-refractivity contribution in [3.05, 3.63) is 66.2 Å². The molecule has 4 heteroatoms. The third kappa shape index (κ3) is 1.91. The molecule has 0 fully saturated rings. The lowest BCUT2D eigenvalue weighted by molar-refractivity contribution is 0.0693. The zero-order valence-corrected chi connectivity index (χ0v) is 10.4. The average molecular weight is 267 g/mol. The minimum absolute atomic E-state index is 0.328. The molecule has 0 bridgehead atoms. The maximum absolute atomic E-state index is 13.8. The van der Waals surface area contributed by atoms with E-state index >= 15 is 0 Å². The number of aromatic nitrogens is 1. The van der Waals surface area contributed by atoms with Crippen molar-refractivity contribution in [2.45, 2.75) is 0 Å². The molecule has 0 unspecified atom stereocenters. The van der Waals surface area contributed by atoms with Crippen molar-refractivity contribution >= 4 is 16.7 Å². The van der Waals surface area contributed by atoms with E-state index in [0.717, 1.165) is 16.8 Å². The van der Waals surface area contributed by atoms with Gasteiger partial charge in [0, 0.05) is 28.9 Å². The summed E-state index contributed by atoms with van der Waals surface area (Å²) in [5.41, 5.74) is 0.618. The van der Waals surface area contributed by atoms with Crippen LogP contribution in [0.25, 0.3) is 21.9 Å². The number of benzene rings is 2. The zero-order chi connectivity index (χ0) is 14.1. The van der Waals surface area contributed by atoms with E-state index in [1.807, 2.05) is 24.3 Å². The highest BCUT2D eigenvalue weighted by Crippen LogP contribution is 2.31. The van der Waals surface area contributed by atoms with Gasteiger partial charge in [0.25, 0.3) is 0 Å². The number of hydrogen-bond donors (Lipinski definition) is 1. The number of fused-ring (bicyclic) bond motifs is 1. The Kier molecular flexibility index (Phi) is 2.91. The van der Waals surface area contributed by atoms with E-state index in [1.54, 1.807) is 18.5 Å². The van der Waals surface area contributed by atoms with Crippen LogP contribution in [0.15, 0.2) is 54.9 Å². The summed E-state index contributed by atoms with van der Waals surface area (Å²) in [6.45, 7) is 0. The first-order chi connectivity index (χ1) is 9.68. The Morgan fingerprint density at radius 1 is 1.00 bits per heavy atom. The number of pyridine rings is 1. The number of rotatable bonds is 2. The number of carbonyl (C=O) groups is 1. The fourth-order valence-corrected chi connectivity index (χ4v) is 2.30. The molecule has 0 amide bonds. The van der Waals surface area contributed by atoms with Crippen LogP contribution in [-0.2, 0) is 0 Å². The van der Waals surface area contributed by atoms with Crippen molar-refractivity contribution in [1.82, 2.24) is 4.98 Å². The van der Waals surface area contributed by atoms with E-state index in [9.17, 15) is 14.3 Å². The van der Waals surface area contributed by atoms with Crippen molar-refractivity contribution < 1.29 is 14.3 Å². The van der Waals surface area contributed by atoms with Crippen molar-refractivity contribution in [3.8, 4) is 11.1 Å². The van der Waals surface area contributed by atoms with Gasteiger partial charge in [0.05, 0.1) is 0 Å². The molecular weight excluding hydrogens is 257 g/mol. The van der Waals surface area contributed by atoms with Gasteiger partial charge in [-0.2, -0.15) is 0 Å². The second-order valence-corrected chi connectivity index (χ2v) is 4.38. The molecule has 2 aromatic carbocycles. The minimum atomic E-state index is -1.29. The van der Waals surface area contributed by atoms with Crippen LogP contribution in [0.3, 0.4) is 0 Å². The maximum Gasteiger partial charge on any atom is 0.339 e. The number of carboxylic acid groups (broad SMARTS) is 1. The van der Waals surface area contributed by atoms with Crippen LogP contribution in [0.2, 0.25) is 0 Å². The first-order valence-corrected chi connectivity index (χ1v) is 6.03.